The topological polar surface area (TPSA) is 40.6 Å². The summed E-state index contributed by atoms with van der Waals surface area (Å²) in [6.45, 7) is 0. The summed E-state index contributed by atoms with van der Waals surface area (Å²) in [4.78, 5) is 3.92. The van der Waals surface area contributed by atoms with Crippen molar-refractivity contribution in [3.63, 3.8) is 0 Å². The zero-order valence-electron chi connectivity index (χ0n) is 9.64. The standard InChI is InChI=1S/C13H12NO3/c1-15-11-6-12(16-2)8-13(7-11)17-10-4-3-5-14-9-10/h4-9H,1-2H3. The third-order valence-electron chi connectivity index (χ3n) is 2.14. The van der Waals surface area contributed by atoms with Crippen molar-refractivity contribution < 1.29 is 14.2 Å². The third kappa shape index (κ3) is 2.87. The van der Waals surface area contributed by atoms with E-state index >= 15 is 0 Å². The van der Waals surface area contributed by atoms with E-state index in [2.05, 4.69) is 11.1 Å². The lowest BCUT2D eigenvalue weighted by atomic mass is 10.3. The van der Waals surface area contributed by atoms with Crippen LogP contribution in [0.25, 0.3) is 0 Å². The lowest BCUT2D eigenvalue weighted by Crippen LogP contribution is -1.90. The van der Waals surface area contributed by atoms with Gasteiger partial charge in [0, 0.05) is 30.5 Å². The second-order valence-electron chi connectivity index (χ2n) is 3.27. The van der Waals surface area contributed by atoms with Gasteiger partial charge in [-0.1, -0.05) is 0 Å². The van der Waals surface area contributed by atoms with Crippen molar-refractivity contribution >= 4 is 0 Å². The minimum absolute atomic E-state index is 0.614. The van der Waals surface area contributed by atoms with Crippen molar-refractivity contribution in [1.82, 2.24) is 4.98 Å². The van der Waals surface area contributed by atoms with Crippen molar-refractivity contribution in [3.05, 3.63) is 42.7 Å². The van der Waals surface area contributed by atoms with Crippen LogP contribution in [-0.4, -0.2) is 19.2 Å². The second kappa shape index (κ2) is 5.21. The van der Waals surface area contributed by atoms with Gasteiger partial charge in [-0.05, 0) is 6.07 Å². The molecule has 0 bridgehead atoms. The number of hydrogen-bond acceptors (Lipinski definition) is 4. The fourth-order valence-corrected chi connectivity index (χ4v) is 1.34. The van der Waals surface area contributed by atoms with Gasteiger partial charge < -0.3 is 14.2 Å². The third-order valence-corrected chi connectivity index (χ3v) is 2.14. The molecule has 1 aromatic carbocycles. The van der Waals surface area contributed by atoms with Gasteiger partial charge >= 0.3 is 0 Å². The molecule has 2 rings (SSSR count). The molecule has 0 unspecified atom stereocenters. The number of benzene rings is 1. The maximum atomic E-state index is 5.61. The summed E-state index contributed by atoms with van der Waals surface area (Å²) in [6, 6.07) is 9.87. The van der Waals surface area contributed by atoms with Gasteiger partial charge in [-0.25, -0.2) is 0 Å². The quantitative estimate of drug-likeness (QED) is 0.809. The van der Waals surface area contributed by atoms with Crippen LogP contribution in [0.3, 0.4) is 0 Å². The molecule has 0 aliphatic rings. The van der Waals surface area contributed by atoms with Gasteiger partial charge in [0.2, 0.25) is 0 Å². The Labute approximate surface area is 99.8 Å². The number of nitrogens with zero attached hydrogens (tertiary/aromatic N) is 1. The average Bonchev–Trinajstić information content (AvgIpc) is 2.39. The Kier molecular flexibility index (Phi) is 3.45. The second-order valence-corrected chi connectivity index (χ2v) is 3.27. The highest BCUT2D eigenvalue weighted by Gasteiger charge is 2.03. The first kappa shape index (κ1) is 11.3. The van der Waals surface area contributed by atoms with Gasteiger partial charge in [0.05, 0.1) is 20.4 Å². The smallest absolute Gasteiger partial charge is 0.146 e. The Hall–Kier alpha value is -2.23. The Morgan fingerprint density at radius 3 is 2.12 bits per heavy atom. The van der Waals surface area contributed by atoms with E-state index in [1.807, 2.05) is 0 Å². The van der Waals surface area contributed by atoms with E-state index in [1.54, 1.807) is 50.9 Å². The first-order valence-electron chi connectivity index (χ1n) is 5.04. The Balaban J connectivity index is 2.26. The van der Waals surface area contributed by atoms with E-state index in [0.29, 0.717) is 23.0 Å². The summed E-state index contributed by atoms with van der Waals surface area (Å²) in [5, 5.41) is 0. The predicted octanol–water partition coefficient (Wildman–Crippen LogP) is 2.69. The number of aromatic nitrogens is 1. The molecule has 1 radical (unpaired) electrons. The van der Waals surface area contributed by atoms with Crippen molar-refractivity contribution in [2.45, 2.75) is 0 Å². The highest BCUT2D eigenvalue weighted by atomic mass is 16.5. The van der Waals surface area contributed by atoms with Crippen molar-refractivity contribution in [2.24, 2.45) is 0 Å². The first-order chi connectivity index (χ1) is 8.31. The lowest BCUT2D eigenvalue weighted by Gasteiger charge is -2.09. The van der Waals surface area contributed by atoms with Crippen LogP contribution in [0, 0.1) is 6.07 Å². The molecule has 0 spiro atoms. The molecule has 0 atom stereocenters. The first-order valence-corrected chi connectivity index (χ1v) is 5.04. The van der Waals surface area contributed by atoms with Gasteiger partial charge in [0.1, 0.15) is 23.0 Å². The lowest BCUT2D eigenvalue weighted by molar-refractivity contribution is 0.386. The molecule has 0 aliphatic carbocycles. The molecule has 1 aromatic heterocycles. The monoisotopic (exact) mass is 230 g/mol. The number of pyridine rings is 1. The van der Waals surface area contributed by atoms with Crippen molar-refractivity contribution in [2.75, 3.05) is 14.2 Å². The summed E-state index contributed by atoms with van der Waals surface area (Å²) in [5.41, 5.74) is 0. The number of hydrogen-bond donors (Lipinski definition) is 0. The largest absolute Gasteiger partial charge is 0.496 e. The zero-order chi connectivity index (χ0) is 12.1. The maximum Gasteiger partial charge on any atom is 0.146 e. The van der Waals surface area contributed by atoms with E-state index in [4.69, 9.17) is 14.2 Å². The van der Waals surface area contributed by atoms with Crippen LogP contribution in [0.5, 0.6) is 23.0 Å². The molecule has 4 heteroatoms. The molecular weight excluding hydrogens is 218 g/mol. The molecule has 0 amide bonds. The van der Waals surface area contributed by atoms with Gasteiger partial charge in [-0.15, -0.1) is 0 Å². The number of methoxy groups -OCH3 is 2. The van der Waals surface area contributed by atoms with Gasteiger partial charge in [-0.2, -0.15) is 0 Å². The molecule has 0 fully saturated rings. The van der Waals surface area contributed by atoms with E-state index < -0.39 is 0 Å². The molecule has 17 heavy (non-hydrogen) atoms. The summed E-state index contributed by atoms with van der Waals surface area (Å²) < 4.78 is 15.9. The summed E-state index contributed by atoms with van der Waals surface area (Å²) in [7, 11) is 3.19. The number of ether oxygens (including phenoxy) is 3. The Morgan fingerprint density at radius 2 is 1.59 bits per heavy atom. The number of rotatable bonds is 4. The zero-order valence-corrected chi connectivity index (χ0v) is 9.64. The Morgan fingerprint density at radius 1 is 0.941 bits per heavy atom. The van der Waals surface area contributed by atoms with Crippen LogP contribution in [0.15, 0.2) is 36.7 Å². The van der Waals surface area contributed by atoms with Gasteiger partial charge in [-0.3, -0.25) is 4.98 Å². The molecule has 2 aromatic rings. The Bertz CT molecular complexity index is 463. The van der Waals surface area contributed by atoms with E-state index in [9.17, 15) is 0 Å². The van der Waals surface area contributed by atoms with Crippen LogP contribution in [0.2, 0.25) is 0 Å². The van der Waals surface area contributed by atoms with E-state index in [0.717, 1.165) is 0 Å². The van der Waals surface area contributed by atoms with Crippen molar-refractivity contribution in [1.29, 1.82) is 0 Å². The minimum Gasteiger partial charge on any atom is -0.496 e. The summed E-state index contributed by atoms with van der Waals surface area (Å²) in [6.07, 6.45) is 3.18. The summed E-state index contributed by atoms with van der Waals surface area (Å²) >= 11 is 0. The fourth-order valence-electron chi connectivity index (χ4n) is 1.34. The van der Waals surface area contributed by atoms with Crippen LogP contribution in [0.1, 0.15) is 0 Å². The normalized spacial score (nSPS) is 9.76. The van der Waals surface area contributed by atoms with Gasteiger partial charge in [0.25, 0.3) is 0 Å². The molecule has 0 N–H and O–H groups in total. The highest BCUT2D eigenvalue weighted by molar-refractivity contribution is 5.43. The van der Waals surface area contributed by atoms with Crippen LogP contribution < -0.4 is 14.2 Å². The molecule has 1 heterocycles. The SMILES string of the molecule is COc1cc(OC)cc(Oc2c[c]cnc2)c1. The molecule has 0 saturated carbocycles. The van der Waals surface area contributed by atoms with Crippen LogP contribution >= 0.6 is 0 Å². The molecular formula is C13H12NO3. The van der Waals surface area contributed by atoms with Crippen LogP contribution in [0.4, 0.5) is 0 Å². The summed E-state index contributed by atoms with van der Waals surface area (Å²) in [5.74, 6) is 2.59. The van der Waals surface area contributed by atoms with Crippen LogP contribution in [-0.2, 0) is 0 Å². The molecule has 87 valence electrons. The average molecular weight is 230 g/mol. The van der Waals surface area contributed by atoms with Gasteiger partial charge in [0.15, 0.2) is 0 Å². The molecule has 4 nitrogen and oxygen atoms in total. The predicted molar refractivity (Wildman–Crippen MR) is 62.7 cm³/mol. The van der Waals surface area contributed by atoms with E-state index in [1.165, 1.54) is 0 Å². The fraction of sp³-hybridized carbons (Fsp3) is 0.154. The van der Waals surface area contributed by atoms with E-state index in [-0.39, 0.29) is 0 Å². The van der Waals surface area contributed by atoms with Crippen molar-refractivity contribution in [3.8, 4) is 23.0 Å². The minimum atomic E-state index is 0.614. The molecule has 0 saturated heterocycles. The maximum absolute atomic E-state index is 5.61. The highest BCUT2D eigenvalue weighted by Crippen LogP contribution is 2.30. The molecule has 0 aliphatic heterocycles.